The van der Waals surface area contributed by atoms with Gasteiger partial charge in [-0.2, -0.15) is 0 Å². The van der Waals surface area contributed by atoms with Crippen LogP contribution in [-0.2, 0) is 0 Å². The van der Waals surface area contributed by atoms with Crippen LogP contribution in [0.5, 0.6) is 11.5 Å². The highest BCUT2D eigenvalue weighted by Gasteiger charge is 2.11. The van der Waals surface area contributed by atoms with Crippen molar-refractivity contribution in [3.63, 3.8) is 0 Å². The van der Waals surface area contributed by atoms with Crippen molar-refractivity contribution in [2.45, 2.75) is 4.90 Å². The largest absolute Gasteiger partial charge is 0.497 e. The van der Waals surface area contributed by atoms with Crippen molar-refractivity contribution >= 4 is 17.7 Å². The zero-order valence-corrected chi connectivity index (χ0v) is 14.4. The van der Waals surface area contributed by atoms with Gasteiger partial charge in [-0.15, -0.1) is 11.8 Å². The van der Waals surface area contributed by atoms with E-state index in [2.05, 4.69) is 0 Å². The van der Waals surface area contributed by atoms with E-state index in [1.54, 1.807) is 30.8 Å². The molecule has 0 saturated carbocycles. The molecule has 0 aromatic heterocycles. The zero-order valence-electron chi connectivity index (χ0n) is 13.6. The van der Waals surface area contributed by atoms with Crippen molar-refractivity contribution in [1.29, 1.82) is 0 Å². The maximum absolute atomic E-state index is 12.3. The summed E-state index contributed by atoms with van der Waals surface area (Å²) in [4.78, 5) is 15.1. The fourth-order valence-corrected chi connectivity index (χ4v) is 2.44. The highest BCUT2D eigenvalue weighted by atomic mass is 32.2. The molecular formula is C18H21NO3S. The van der Waals surface area contributed by atoms with E-state index in [0.29, 0.717) is 18.7 Å². The monoisotopic (exact) mass is 331 g/mol. The molecule has 2 aromatic rings. The zero-order chi connectivity index (χ0) is 16.7. The normalized spacial score (nSPS) is 10.2. The number of thioether (sulfide) groups is 1. The van der Waals surface area contributed by atoms with Crippen LogP contribution in [0.25, 0.3) is 0 Å². The number of carbonyl (C=O) groups excluding carboxylic acids is 1. The first-order valence-corrected chi connectivity index (χ1v) is 8.53. The van der Waals surface area contributed by atoms with Crippen LogP contribution in [0.2, 0.25) is 0 Å². The molecule has 0 fully saturated rings. The Morgan fingerprint density at radius 3 is 2.22 bits per heavy atom. The van der Waals surface area contributed by atoms with Gasteiger partial charge in [-0.1, -0.05) is 0 Å². The van der Waals surface area contributed by atoms with Gasteiger partial charge in [0.25, 0.3) is 5.91 Å². The van der Waals surface area contributed by atoms with Gasteiger partial charge in [0.05, 0.1) is 13.7 Å². The third kappa shape index (κ3) is 4.93. The van der Waals surface area contributed by atoms with E-state index in [9.17, 15) is 4.79 Å². The lowest BCUT2D eigenvalue weighted by Crippen LogP contribution is -2.30. The van der Waals surface area contributed by atoms with Crippen molar-refractivity contribution in [3.05, 3.63) is 54.1 Å². The molecule has 4 nitrogen and oxygen atoms in total. The van der Waals surface area contributed by atoms with E-state index >= 15 is 0 Å². The molecule has 0 unspecified atom stereocenters. The Morgan fingerprint density at radius 2 is 1.65 bits per heavy atom. The predicted octanol–water partition coefficient (Wildman–Crippen LogP) is 3.57. The van der Waals surface area contributed by atoms with Gasteiger partial charge >= 0.3 is 0 Å². The minimum Gasteiger partial charge on any atom is -0.497 e. The number of hydrogen-bond acceptors (Lipinski definition) is 4. The molecule has 23 heavy (non-hydrogen) atoms. The average molecular weight is 331 g/mol. The molecule has 0 atom stereocenters. The molecule has 0 aliphatic rings. The van der Waals surface area contributed by atoms with Crippen LogP contribution in [0, 0.1) is 0 Å². The molecule has 0 N–H and O–H groups in total. The lowest BCUT2D eigenvalue weighted by molar-refractivity contribution is 0.0773. The van der Waals surface area contributed by atoms with Gasteiger partial charge in [-0.3, -0.25) is 4.79 Å². The number of nitrogens with zero attached hydrogens (tertiary/aromatic N) is 1. The van der Waals surface area contributed by atoms with Gasteiger partial charge in [0.15, 0.2) is 0 Å². The SMILES string of the molecule is COc1ccc(OCCN(C)C(=O)c2ccc(SC)cc2)cc1. The summed E-state index contributed by atoms with van der Waals surface area (Å²) in [6.07, 6.45) is 2.01. The average Bonchev–Trinajstić information content (AvgIpc) is 2.61. The molecule has 5 heteroatoms. The summed E-state index contributed by atoms with van der Waals surface area (Å²) in [6.45, 7) is 0.965. The molecule has 122 valence electrons. The van der Waals surface area contributed by atoms with Crippen molar-refractivity contribution < 1.29 is 14.3 Å². The van der Waals surface area contributed by atoms with Crippen LogP contribution >= 0.6 is 11.8 Å². The Morgan fingerprint density at radius 1 is 1.04 bits per heavy atom. The molecule has 1 amide bonds. The second kappa shape index (κ2) is 8.48. The molecular weight excluding hydrogens is 310 g/mol. The summed E-state index contributed by atoms with van der Waals surface area (Å²) in [6, 6.07) is 15.0. The first-order chi connectivity index (χ1) is 11.1. The van der Waals surface area contributed by atoms with E-state index in [4.69, 9.17) is 9.47 Å². The Bertz CT molecular complexity index is 626. The molecule has 0 radical (unpaired) electrons. The van der Waals surface area contributed by atoms with Gasteiger partial charge in [0, 0.05) is 17.5 Å². The molecule has 0 aliphatic heterocycles. The number of amides is 1. The number of likely N-dealkylation sites (N-methyl/N-ethyl adjacent to an activating group) is 1. The van der Waals surface area contributed by atoms with E-state index in [0.717, 1.165) is 16.4 Å². The van der Waals surface area contributed by atoms with Gasteiger partial charge in [-0.05, 0) is 54.8 Å². The number of ether oxygens (including phenoxy) is 2. The minimum absolute atomic E-state index is 0.00372. The summed E-state index contributed by atoms with van der Waals surface area (Å²) in [7, 11) is 3.41. The lowest BCUT2D eigenvalue weighted by Gasteiger charge is -2.17. The highest BCUT2D eigenvalue weighted by molar-refractivity contribution is 7.98. The summed E-state index contributed by atoms with van der Waals surface area (Å²) >= 11 is 1.66. The van der Waals surface area contributed by atoms with Gasteiger partial charge in [-0.25, -0.2) is 0 Å². The second-order valence-corrected chi connectivity index (χ2v) is 5.86. The van der Waals surface area contributed by atoms with Crippen LogP contribution in [0.4, 0.5) is 0 Å². The molecule has 2 aromatic carbocycles. The van der Waals surface area contributed by atoms with Gasteiger partial charge in [0.2, 0.25) is 0 Å². The quantitative estimate of drug-likeness (QED) is 0.727. The van der Waals surface area contributed by atoms with Crippen LogP contribution in [0.1, 0.15) is 10.4 Å². The minimum atomic E-state index is -0.00372. The van der Waals surface area contributed by atoms with Crippen LogP contribution in [-0.4, -0.2) is 44.4 Å². The number of methoxy groups -OCH3 is 1. The Balaban J connectivity index is 1.83. The summed E-state index contributed by atoms with van der Waals surface area (Å²) in [5.41, 5.74) is 0.690. The summed E-state index contributed by atoms with van der Waals surface area (Å²) in [5.74, 6) is 1.55. The van der Waals surface area contributed by atoms with E-state index in [1.807, 2.05) is 54.8 Å². The smallest absolute Gasteiger partial charge is 0.253 e. The molecule has 0 aliphatic carbocycles. The molecule has 0 spiro atoms. The molecule has 2 rings (SSSR count). The Kier molecular flexibility index (Phi) is 6.35. The second-order valence-electron chi connectivity index (χ2n) is 4.98. The Labute approximate surface area is 141 Å². The lowest BCUT2D eigenvalue weighted by atomic mass is 10.2. The van der Waals surface area contributed by atoms with Crippen molar-refractivity contribution in [2.24, 2.45) is 0 Å². The number of hydrogen-bond donors (Lipinski definition) is 0. The first-order valence-electron chi connectivity index (χ1n) is 7.30. The van der Waals surface area contributed by atoms with E-state index in [-0.39, 0.29) is 5.91 Å². The maximum Gasteiger partial charge on any atom is 0.253 e. The maximum atomic E-state index is 12.3. The van der Waals surface area contributed by atoms with E-state index in [1.165, 1.54) is 0 Å². The molecule has 0 bridgehead atoms. The van der Waals surface area contributed by atoms with E-state index < -0.39 is 0 Å². The van der Waals surface area contributed by atoms with Crippen molar-refractivity contribution in [2.75, 3.05) is 33.6 Å². The Hall–Kier alpha value is -2.14. The molecule has 0 heterocycles. The van der Waals surface area contributed by atoms with Gasteiger partial charge < -0.3 is 14.4 Å². The van der Waals surface area contributed by atoms with Crippen molar-refractivity contribution in [1.82, 2.24) is 4.90 Å². The van der Waals surface area contributed by atoms with Crippen LogP contribution in [0.15, 0.2) is 53.4 Å². The molecule has 0 saturated heterocycles. The summed E-state index contributed by atoms with van der Waals surface area (Å²) in [5, 5.41) is 0. The van der Waals surface area contributed by atoms with Crippen molar-refractivity contribution in [3.8, 4) is 11.5 Å². The standard InChI is InChI=1S/C18H21NO3S/c1-19(18(20)14-4-10-17(23-3)11-5-14)12-13-22-16-8-6-15(21-2)7-9-16/h4-11H,12-13H2,1-3H3. The first kappa shape index (κ1) is 17.2. The van der Waals surface area contributed by atoms with Gasteiger partial charge in [0.1, 0.15) is 18.1 Å². The highest BCUT2D eigenvalue weighted by Crippen LogP contribution is 2.17. The third-order valence-electron chi connectivity index (χ3n) is 3.44. The summed E-state index contributed by atoms with van der Waals surface area (Å²) < 4.78 is 10.7. The number of carbonyl (C=O) groups is 1. The fourth-order valence-electron chi connectivity index (χ4n) is 2.03. The predicted molar refractivity (Wildman–Crippen MR) is 93.7 cm³/mol. The number of benzene rings is 2. The number of rotatable bonds is 7. The van der Waals surface area contributed by atoms with Crippen LogP contribution in [0.3, 0.4) is 0 Å². The fraction of sp³-hybridized carbons (Fsp3) is 0.278. The topological polar surface area (TPSA) is 38.8 Å². The van der Waals surface area contributed by atoms with Crippen LogP contribution < -0.4 is 9.47 Å². The third-order valence-corrected chi connectivity index (χ3v) is 4.18.